The molecule has 0 aliphatic carbocycles. The number of aromatic nitrogens is 2. The lowest BCUT2D eigenvalue weighted by Gasteiger charge is -2.07. The van der Waals surface area contributed by atoms with Gasteiger partial charge in [0.05, 0.1) is 12.6 Å². The van der Waals surface area contributed by atoms with Crippen LogP contribution in [0, 0.1) is 0 Å². The fourth-order valence-electron chi connectivity index (χ4n) is 1.74. The summed E-state index contributed by atoms with van der Waals surface area (Å²) in [4.78, 5) is 14.8. The molecule has 19 heavy (non-hydrogen) atoms. The highest BCUT2D eigenvalue weighted by Crippen LogP contribution is 2.29. The molecule has 0 aliphatic heterocycles. The van der Waals surface area contributed by atoms with E-state index < -0.39 is 11.7 Å². The number of hydrogen-bond acceptors (Lipinski definition) is 1. The number of halogens is 3. The number of hydrogen-bond donors (Lipinski definition) is 1. The Morgan fingerprint density at radius 2 is 2.11 bits per heavy atom. The number of Topliss-reactive ketones (excluding diaryl/α,β-unsaturated/α-hetero) is 1. The standard InChI is InChI=1S/C13H11F3N2O/c1-18-6-5-17-12(18)8-11(19)9-3-2-4-10(7-9)13(14,15)16/h2-7H,8H2,1H3/p+1. The van der Waals surface area contributed by atoms with E-state index in [0.29, 0.717) is 5.82 Å². The molecule has 1 N–H and O–H groups in total. The summed E-state index contributed by atoms with van der Waals surface area (Å²) >= 11 is 0. The lowest BCUT2D eigenvalue weighted by molar-refractivity contribution is -0.677. The number of nitrogens with one attached hydrogen (secondary N) is 1. The normalized spacial score (nSPS) is 11.6. The summed E-state index contributed by atoms with van der Waals surface area (Å²) in [6, 6.07) is 4.46. The van der Waals surface area contributed by atoms with Crippen LogP contribution in [-0.4, -0.2) is 10.8 Å². The molecule has 0 fully saturated rings. The van der Waals surface area contributed by atoms with E-state index in [9.17, 15) is 18.0 Å². The first kappa shape index (κ1) is 13.3. The summed E-state index contributed by atoms with van der Waals surface area (Å²) in [7, 11) is 1.76. The summed E-state index contributed by atoms with van der Waals surface area (Å²) in [5.74, 6) is 0.284. The first-order chi connectivity index (χ1) is 8.88. The third-order valence-corrected chi connectivity index (χ3v) is 2.81. The molecule has 0 radical (unpaired) electrons. The number of benzene rings is 1. The van der Waals surface area contributed by atoms with Crippen molar-refractivity contribution in [3.63, 3.8) is 0 Å². The molecule has 0 spiro atoms. The first-order valence-corrected chi connectivity index (χ1v) is 5.60. The van der Waals surface area contributed by atoms with E-state index in [1.807, 2.05) is 0 Å². The van der Waals surface area contributed by atoms with E-state index in [-0.39, 0.29) is 17.8 Å². The van der Waals surface area contributed by atoms with Gasteiger partial charge in [-0.3, -0.25) is 4.79 Å². The number of aryl methyl sites for hydroxylation is 1. The van der Waals surface area contributed by atoms with E-state index in [2.05, 4.69) is 4.98 Å². The summed E-state index contributed by atoms with van der Waals surface area (Å²) in [5.41, 5.74) is -0.751. The van der Waals surface area contributed by atoms with Crippen LogP contribution in [0.4, 0.5) is 13.2 Å². The van der Waals surface area contributed by atoms with Crippen LogP contribution in [0.2, 0.25) is 0 Å². The minimum absolute atomic E-state index is 0.0326. The number of ketones is 1. The average molecular weight is 269 g/mol. The second-order valence-electron chi connectivity index (χ2n) is 4.20. The number of H-pyrrole nitrogens is 1. The highest BCUT2D eigenvalue weighted by atomic mass is 19.4. The number of carbonyl (C=O) groups excluding carboxylic acids is 1. The minimum atomic E-state index is -4.44. The van der Waals surface area contributed by atoms with Crippen molar-refractivity contribution in [1.29, 1.82) is 0 Å². The second kappa shape index (κ2) is 4.87. The van der Waals surface area contributed by atoms with Gasteiger partial charge in [-0.25, -0.2) is 9.55 Å². The molecule has 0 atom stereocenters. The highest BCUT2D eigenvalue weighted by molar-refractivity contribution is 5.97. The van der Waals surface area contributed by atoms with Gasteiger partial charge in [0.15, 0.2) is 5.78 Å². The maximum atomic E-state index is 12.6. The fraction of sp³-hybridized carbons (Fsp3) is 0.231. The van der Waals surface area contributed by atoms with E-state index in [4.69, 9.17) is 0 Å². The predicted molar refractivity (Wildman–Crippen MR) is 61.4 cm³/mol. The third-order valence-electron chi connectivity index (χ3n) is 2.81. The highest BCUT2D eigenvalue weighted by Gasteiger charge is 2.31. The molecule has 1 heterocycles. The third kappa shape index (κ3) is 3.01. The van der Waals surface area contributed by atoms with E-state index >= 15 is 0 Å². The van der Waals surface area contributed by atoms with Gasteiger partial charge in [0.2, 0.25) is 0 Å². The van der Waals surface area contributed by atoms with Gasteiger partial charge in [-0.1, -0.05) is 12.1 Å². The molecule has 2 aromatic rings. The molecule has 0 unspecified atom stereocenters. The van der Waals surface area contributed by atoms with Gasteiger partial charge in [-0.05, 0) is 12.1 Å². The smallest absolute Gasteiger partial charge is 0.293 e. The lowest BCUT2D eigenvalue weighted by Crippen LogP contribution is -2.31. The molecule has 0 saturated heterocycles. The van der Waals surface area contributed by atoms with Crippen LogP contribution >= 0.6 is 0 Å². The molecule has 6 heteroatoms. The maximum absolute atomic E-state index is 12.6. The fourth-order valence-corrected chi connectivity index (χ4v) is 1.74. The quantitative estimate of drug-likeness (QED) is 0.673. The van der Waals surface area contributed by atoms with Crippen molar-refractivity contribution in [1.82, 2.24) is 4.98 Å². The number of alkyl halides is 3. The van der Waals surface area contributed by atoms with Crippen LogP contribution in [0.5, 0.6) is 0 Å². The van der Waals surface area contributed by atoms with Crippen LogP contribution in [0.25, 0.3) is 0 Å². The SMILES string of the molecule is C[n+]1cc[nH]c1CC(=O)c1cccc(C(F)(F)F)c1. The Hall–Kier alpha value is -2.11. The van der Waals surface area contributed by atoms with E-state index in [1.54, 1.807) is 24.0 Å². The topological polar surface area (TPSA) is 36.7 Å². The van der Waals surface area contributed by atoms with Crippen molar-refractivity contribution in [2.75, 3.05) is 0 Å². The summed E-state index contributed by atoms with van der Waals surface area (Å²) in [6.45, 7) is 0. The van der Waals surface area contributed by atoms with Gasteiger partial charge in [0, 0.05) is 5.56 Å². The largest absolute Gasteiger partial charge is 0.416 e. The average Bonchev–Trinajstić information content (AvgIpc) is 2.74. The van der Waals surface area contributed by atoms with Crippen LogP contribution < -0.4 is 4.57 Å². The van der Waals surface area contributed by atoms with Gasteiger partial charge < -0.3 is 0 Å². The first-order valence-electron chi connectivity index (χ1n) is 5.60. The van der Waals surface area contributed by atoms with Crippen molar-refractivity contribution in [3.05, 3.63) is 53.6 Å². The molecule has 2 rings (SSSR count). The number of aromatic amines is 1. The molecule has 100 valence electrons. The molecule has 0 aliphatic rings. The van der Waals surface area contributed by atoms with Gasteiger partial charge in [0.25, 0.3) is 5.82 Å². The van der Waals surface area contributed by atoms with Crippen molar-refractivity contribution in [2.45, 2.75) is 12.6 Å². The molecule has 0 saturated carbocycles. The van der Waals surface area contributed by atoms with Gasteiger partial charge in [0.1, 0.15) is 18.8 Å². The van der Waals surface area contributed by atoms with Crippen LogP contribution in [0.3, 0.4) is 0 Å². The Labute approximate surface area is 107 Å². The predicted octanol–water partition coefficient (Wildman–Crippen LogP) is 2.28. The number of carbonyl (C=O) groups is 1. The Balaban J connectivity index is 2.23. The summed E-state index contributed by atoms with van der Waals surface area (Å²) < 4.78 is 39.4. The summed E-state index contributed by atoms with van der Waals surface area (Å²) in [6.07, 6.45) is -1.01. The van der Waals surface area contributed by atoms with Crippen molar-refractivity contribution >= 4 is 5.78 Å². The van der Waals surface area contributed by atoms with Crippen LogP contribution in [0.1, 0.15) is 21.7 Å². The maximum Gasteiger partial charge on any atom is 0.416 e. The molecule has 0 bridgehead atoms. The van der Waals surface area contributed by atoms with Gasteiger partial charge >= 0.3 is 6.18 Å². The van der Waals surface area contributed by atoms with Crippen LogP contribution in [0.15, 0.2) is 36.7 Å². The van der Waals surface area contributed by atoms with Gasteiger partial charge in [-0.2, -0.15) is 13.2 Å². The molecule has 1 aromatic carbocycles. The van der Waals surface area contributed by atoms with E-state index in [1.165, 1.54) is 12.1 Å². The minimum Gasteiger partial charge on any atom is -0.293 e. The number of imidazole rings is 1. The molecule has 1 aromatic heterocycles. The van der Waals surface area contributed by atoms with Crippen molar-refractivity contribution in [3.8, 4) is 0 Å². The number of rotatable bonds is 3. The van der Waals surface area contributed by atoms with Crippen LogP contribution in [-0.2, 0) is 19.6 Å². The Morgan fingerprint density at radius 1 is 1.37 bits per heavy atom. The Kier molecular flexibility index (Phi) is 3.42. The van der Waals surface area contributed by atoms with E-state index in [0.717, 1.165) is 12.1 Å². The summed E-state index contributed by atoms with van der Waals surface area (Å²) in [5, 5.41) is 0. The lowest BCUT2D eigenvalue weighted by atomic mass is 10.0. The molecule has 0 amide bonds. The molecular formula is C13H12F3N2O+. The van der Waals surface area contributed by atoms with Crippen molar-refractivity contribution in [2.24, 2.45) is 7.05 Å². The molecular weight excluding hydrogens is 257 g/mol. The Morgan fingerprint density at radius 3 is 2.68 bits per heavy atom. The number of nitrogens with zero attached hydrogens (tertiary/aromatic N) is 1. The zero-order valence-corrected chi connectivity index (χ0v) is 10.2. The Bertz CT molecular complexity index is 602. The molecule has 3 nitrogen and oxygen atoms in total. The van der Waals surface area contributed by atoms with Gasteiger partial charge in [-0.15, -0.1) is 0 Å². The zero-order chi connectivity index (χ0) is 14.0. The second-order valence-corrected chi connectivity index (χ2v) is 4.20. The monoisotopic (exact) mass is 269 g/mol. The zero-order valence-electron chi connectivity index (χ0n) is 10.2. The van der Waals surface area contributed by atoms with Crippen molar-refractivity contribution < 1.29 is 22.5 Å².